The molecule has 0 fully saturated rings. The molecular formula is C15H14ClN3OS. The van der Waals surface area contributed by atoms with Crippen molar-refractivity contribution in [3.63, 3.8) is 0 Å². The maximum Gasteiger partial charge on any atom is 0.183 e. The number of benzene rings is 1. The highest BCUT2D eigenvalue weighted by Gasteiger charge is 2.10. The van der Waals surface area contributed by atoms with Gasteiger partial charge < -0.3 is 9.84 Å². The number of nitrogens with one attached hydrogen (secondary N) is 1. The molecule has 4 nitrogen and oxygen atoms in total. The van der Waals surface area contributed by atoms with Crippen molar-refractivity contribution < 1.29 is 4.52 Å². The van der Waals surface area contributed by atoms with Crippen LogP contribution in [0, 0.1) is 13.8 Å². The summed E-state index contributed by atoms with van der Waals surface area (Å²) in [4.78, 5) is 5.13. The summed E-state index contributed by atoms with van der Waals surface area (Å²) in [5, 5.41) is 7.33. The van der Waals surface area contributed by atoms with Crippen molar-refractivity contribution in [2.24, 2.45) is 0 Å². The maximum absolute atomic E-state index is 5.81. The van der Waals surface area contributed by atoms with Crippen molar-refractivity contribution in [2.45, 2.75) is 20.4 Å². The third kappa shape index (κ3) is 3.09. The number of aryl methyl sites for hydroxylation is 2. The normalized spacial score (nSPS) is 10.8. The zero-order valence-corrected chi connectivity index (χ0v) is 13.3. The number of halogens is 1. The minimum Gasteiger partial charge on any atom is -0.380 e. The summed E-state index contributed by atoms with van der Waals surface area (Å²) >= 11 is 7.30. The molecule has 0 aliphatic heterocycles. The molecule has 0 saturated heterocycles. The number of thiazole rings is 1. The van der Waals surface area contributed by atoms with Crippen LogP contribution in [0.1, 0.15) is 16.3 Å². The smallest absolute Gasteiger partial charge is 0.183 e. The standard InChI is InChI=1S/C15H14ClN3OS/c1-9-14(10(2)20-19-9)11-3-5-12(6-4-11)17-7-13-8-18-15(16)21-13/h3-6,8,17H,7H2,1-2H3. The molecule has 0 bridgehead atoms. The molecule has 0 radical (unpaired) electrons. The van der Waals surface area contributed by atoms with Crippen LogP contribution in [0.2, 0.25) is 4.47 Å². The van der Waals surface area contributed by atoms with Gasteiger partial charge in [0.15, 0.2) is 4.47 Å². The Kier molecular flexibility index (Phi) is 3.94. The molecule has 1 N–H and O–H groups in total. The lowest BCUT2D eigenvalue weighted by Crippen LogP contribution is -1.97. The molecular weight excluding hydrogens is 306 g/mol. The monoisotopic (exact) mass is 319 g/mol. The molecule has 3 rings (SSSR count). The summed E-state index contributed by atoms with van der Waals surface area (Å²) in [6.45, 7) is 4.59. The van der Waals surface area contributed by atoms with E-state index in [2.05, 4.69) is 27.6 Å². The third-order valence-corrected chi connectivity index (χ3v) is 4.31. The molecule has 0 saturated carbocycles. The number of hydrogen-bond donors (Lipinski definition) is 1. The second kappa shape index (κ2) is 5.87. The fraction of sp³-hybridized carbons (Fsp3) is 0.200. The van der Waals surface area contributed by atoms with E-state index in [1.54, 1.807) is 6.20 Å². The first kappa shape index (κ1) is 14.1. The quantitative estimate of drug-likeness (QED) is 0.758. The Balaban J connectivity index is 1.72. The van der Waals surface area contributed by atoms with E-state index in [9.17, 15) is 0 Å². The predicted molar refractivity (Wildman–Crippen MR) is 85.9 cm³/mol. The number of anilines is 1. The van der Waals surface area contributed by atoms with E-state index in [1.165, 1.54) is 11.3 Å². The number of nitrogens with zero attached hydrogens (tertiary/aromatic N) is 2. The van der Waals surface area contributed by atoms with Crippen LogP contribution in [0.5, 0.6) is 0 Å². The van der Waals surface area contributed by atoms with Crippen LogP contribution in [0.25, 0.3) is 11.1 Å². The molecule has 0 amide bonds. The van der Waals surface area contributed by atoms with Gasteiger partial charge in [-0.1, -0.05) is 28.9 Å². The fourth-order valence-corrected chi connectivity index (χ4v) is 3.12. The molecule has 3 aromatic rings. The highest BCUT2D eigenvalue weighted by atomic mass is 35.5. The summed E-state index contributed by atoms with van der Waals surface area (Å²) in [5.74, 6) is 0.840. The Bertz CT molecular complexity index is 729. The zero-order valence-electron chi connectivity index (χ0n) is 11.7. The SMILES string of the molecule is Cc1noc(C)c1-c1ccc(NCc2cnc(Cl)s2)cc1. The van der Waals surface area contributed by atoms with E-state index < -0.39 is 0 Å². The minimum atomic E-state index is 0.570. The highest BCUT2D eigenvalue weighted by Crippen LogP contribution is 2.28. The van der Waals surface area contributed by atoms with Crippen molar-refractivity contribution in [3.05, 3.63) is 51.3 Å². The molecule has 0 atom stereocenters. The zero-order chi connectivity index (χ0) is 14.8. The molecule has 2 heterocycles. The molecule has 21 heavy (non-hydrogen) atoms. The third-order valence-electron chi connectivity index (χ3n) is 3.20. The Labute approximate surface area is 131 Å². The molecule has 2 aromatic heterocycles. The van der Waals surface area contributed by atoms with E-state index >= 15 is 0 Å². The van der Waals surface area contributed by atoms with Crippen LogP contribution in [0.4, 0.5) is 5.69 Å². The summed E-state index contributed by atoms with van der Waals surface area (Å²) in [7, 11) is 0. The molecule has 0 aliphatic rings. The van der Waals surface area contributed by atoms with Gasteiger partial charge in [-0.15, -0.1) is 11.3 Å². The second-order valence-electron chi connectivity index (χ2n) is 4.71. The van der Waals surface area contributed by atoms with E-state index in [-0.39, 0.29) is 0 Å². The van der Waals surface area contributed by atoms with E-state index in [4.69, 9.17) is 16.1 Å². The van der Waals surface area contributed by atoms with E-state index in [0.29, 0.717) is 4.47 Å². The minimum absolute atomic E-state index is 0.570. The van der Waals surface area contributed by atoms with Gasteiger partial charge in [0.1, 0.15) is 5.76 Å². The van der Waals surface area contributed by atoms with Crippen LogP contribution in [-0.2, 0) is 6.54 Å². The molecule has 0 unspecified atom stereocenters. The van der Waals surface area contributed by atoms with E-state index in [0.717, 1.165) is 39.7 Å². The van der Waals surface area contributed by atoms with Crippen molar-refractivity contribution in [3.8, 4) is 11.1 Å². The highest BCUT2D eigenvalue weighted by molar-refractivity contribution is 7.15. The van der Waals surface area contributed by atoms with Gasteiger partial charge in [-0.05, 0) is 31.5 Å². The van der Waals surface area contributed by atoms with Crippen LogP contribution < -0.4 is 5.32 Å². The predicted octanol–water partition coefficient (Wildman–Crippen LogP) is 4.68. The average molecular weight is 320 g/mol. The number of rotatable bonds is 4. The Hall–Kier alpha value is -1.85. The molecule has 0 spiro atoms. The molecule has 1 aromatic carbocycles. The molecule has 108 valence electrons. The van der Waals surface area contributed by atoms with Gasteiger partial charge in [0.05, 0.1) is 12.2 Å². The van der Waals surface area contributed by atoms with Crippen LogP contribution in [0.15, 0.2) is 35.0 Å². The van der Waals surface area contributed by atoms with Gasteiger partial charge in [0, 0.05) is 22.3 Å². The lowest BCUT2D eigenvalue weighted by Gasteiger charge is -2.06. The first-order chi connectivity index (χ1) is 10.1. The van der Waals surface area contributed by atoms with Gasteiger partial charge in [-0.3, -0.25) is 0 Å². The first-order valence-corrected chi connectivity index (χ1v) is 7.70. The second-order valence-corrected chi connectivity index (χ2v) is 6.41. The molecule has 0 aliphatic carbocycles. The van der Waals surface area contributed by atoms with Gasteiger partial charge in [-0.25, -0.2) is 4.98 Å². The lowest BCUT2D eigenvalue weighted by molar-refractivity contribution is 0.393. The van der Waals surface area contributed by atoms with Gasteiger partial charge in [0.25, 0.3) is 0 Å². The topological polar surface area (TPSA) is 51.0 Å². The van der Waals surface area contributed by atoms with Crippen LogP contribution >= 0.6 is 22.9 Å². The van der Waals surface area contributed by atoms with Crippen molar-refractivity contribution in [2.75, 3.05) is 5.32 Å². The Morgan fingerprint density at radius 2 is 2.00 bits per heavy atom. The number of aromatic nitrogens is 2. The van der Waals surface area contributed by atoms with Crippen molar-refractivity contribution >= 4 is 28.6 Å². The largest absolute Gasteiger partial charge is 0.380 e. The lowest BCUT2D eigenvalue weighted by atomic mass is 10.0. The van der Waals surface area contributed by atoms with Crippen LogP contribution in [-0.4, -0.2) is 10.1 Å². The Morgan fingerprint density at radius 1 is 1.24 bits per heavy atom. The van der Waals surface area contributed by atoms with Gasteiger partial charge in [0.2, 0.25) is 0 Å². The molecule has 6 heteroatoms. The van der Waals surface area contributed by atoms with Gasteiger partial charge >= 0.3 is 0 Å². The van der Waals surface area contributed by atoms with Crippen molar-refractivity contribution in [1.29, 1.82) is 0 Å². The van der Waals surface area contributed by atoms with Crippen molar-refractivity contribution in [1.82, 2.24) is 10.1 Å². The summed E-state index contributed by atoms with van der Waals surface area (Å²) in [5.41, 5.74) is 4.14. The average Bonchev–Trinajstić information content (AvgIpc) is 3.04. The summed E-state index contributed by atoms with van der Waals surface area (Å²) in [6.07, 6.45) is 1.79. The van der Waals surface area contributed by atoms with Gasteiger partial charge in [-0.2, -0.15) is 0 Å². The Morgan fingerprint density at radius 3 is 2.57 bits per heavy atom. The summed E-state index contributed by atoms with van der Waals surface area (Å²) < 4.78 is 5.77. The first-order valence-electron chi connectivity index (χ1n) is 6.51. The maximum atomic E-state index is 5.81. The fourth-order valence-electron chi connectivity index (χ4n) is 2.20. The van der Waals surface area contributed by atoms with E-state index in [1.807, 2.05) is 26.0 Å². The number of hydrogen-bond acceptors (Lipinski definition) is 5. The summed E-state index contributed by atoms with van der Waals surface area (Å²) in [6, 6.07) is 8.22. The van der Waals surface area contributed by atoms with Crippen LogP contribution in [0.3, 0.4) is 0 Å².